The Morgan fingerprint density at radius 3 is 2.48 bits per heavy atom. The summed E-state index contributed by atoms with van der Waals surface area (Å²) in [5.41, 5.74) is 0.823. The molecule has 0 aromatic heterocycles. The Kier molecular flexibility index (Phi) is 4.90. The van der Waals surface area contributed by atoms with Crippen LogP contribution in [-0.4, -0.2) is 38.4 Å². The number of nitrogens with one attached hydrogen (secondary N) is 1. The SMILES string of the molecule is CC(=O)N1CCC(Nc2ccc(S(N)(=O)=O)cc2Br)CC1. The lowest BCUT2D eigenvalue weighted by atomic mass is 10.0. The van der Waals surface area contributed by atoms with E-state index < -0.39 is 10.0 Å². The monoisotopic (exact) mass is 375 g/mol. The predicted octanol–water partition coefficient (Wildman–Crippen LogP) is 1.52. The van der Waals surface area contributed by atoms with E-state index in [9.17, 15) is 13.2 Å². The first-order valence-electron chi connectivity index (χ1n) is 6.62. The molecular formula is C13H18BrN3O3S. The molecule has 3 N–H and O–H groups in total. The van der Waals surface area contributed by atoms with Crippen LogP contribution >= 0.6 is 15.9 Å². The van der Waals surface area contributed by atoms with Gasteiger partial charge in [0.05, 0.1) is 4.90 Å². The molecule has 21 heavy (non-hydrogen) atoms. The summed E-state index contributed by atoms with van der Waals surface area (Å²) >= 11 is 3.35. The molecule has 0 bridgehead atoms. The van der Waals surface area contributed by atoms with Gasteiger partial charge < -0.3 is 10.2 Å². The van der Waals surface area contributed by atoms with E-state index in [-0.39, 0.29) is 16.8 Å². The summed E-state index contributed by atoms with van der Waals surface area (Å²) < 4.78 is 23.2. The molecule has 1 saturated heterocycles. The predicted molar refractivity (Wildman–Crippen MR) is 84.4 cm³/mol. The molecule has 1 aliphatic heterocycles. The van der Waals surface area contributed by atoms with E-state index in [2.05, 4.69) is 21.2 Å². The van der Waals surface area contributed by atoms with Gasteiger partial charge in [-0.2, -0.15) is 0 Å². The Labute approximate surface area is 132 Å². The van der Waals surface area contributed by atoms with Crippen LogP contribution in [0.2, 0.25) is 0 Å². The molecule has 1 aliphatic rings. The van der Waals surface area contributed by atoms with Gasteiger partial charge in [0.1, 0.15) is 0 Å². The zero-order chi connectivity index (χ0) is 15.6. The van der Waals surface area contributed by atoms with Crippen molar-refractivity contribution in [3.8, 4) is 0 Å². The second-order valence-electron chi connectivity index (χ2n) is 5.11. The van der Waals surface area contributed by atoms with Crippen molar-refractivity contribution in [1.82, 2.24) is 4.90 Å². The van der Waals surface area contributed by atoms with Crippen LogP contribution in [0, 0.1) is 0 Å². The zero-order valence-corrected chi connectivity index (χ0v) is 14.1. The summed E-state index contributed by atoms with van der Waals surface area (Å²) in [7, 11) is -3.69. The first-order valence-corrected chi connectivity index (χ1v) is 8.95. The van der Waals surface area contributed by atoms with E-state index in [0.29, 0.717) is 4.47 Å². The molecule has 6 nitrogen and oxygen atoms in total. The Balaban J connectivity index is 2.03. The second-order valence-corrected chi connectivity index (χ2v) is 7.53. The summed E-state index contributed by atoms with van der Waals surface area (Å²) in [5, 5.41) is 8.46. The number of carbonyl (C=O) groups is 1. The van der Waals surface area contributed by atoms with Crippen LogP contribution < -0.4 is 10.5 Å². The number of benzene rings is 1. The van der Waals surface area contributed by atoms with Crippen LogP contribution in [0.4, 0.5) is 5.69 Å². The molecule has 1 aromatic rings. The maximum atomic E-state index is 11.3. The molecule has 116 valence electrons. The molecule has 1 amide bonds. The van der Waals surface area contributed by atoms with Crippen molar-refractivity contribution in [3.63, 3.8) is 0 Å². The van der Waals surface area contributed by atoms with E-state index in [1.54, 1.807) is 13.0 Å². The molecule has 0 unspecified atom stereocenters. The fourth-order valence-electron chi connectivity index (χ4n) is 2.35. The van der Waals surface area contributed by atoms with E-state index in [0.717, 1.165) is 31.6 Å². The Morgan fingerprint density at radius 1 is 1.38 bits per heavy atom. The van der Waals surface area contributed by atoms with Crippen LogP contribution in [0.3, 0.4) is 0 Å². The third kappa shape index (κ3) is 4.18. The van der Waals surface area contributed by atoms with Crippen LogP contribution in [0.15, 0.2) is 27.6 Å². The maximum Gasteiger partial charge on any atom is 0.238 e. The fraction of sp³-hybridized carbons (Fsp3) is 0.462. The van der Waals surface area contributed by atoms with Gasteiger partial charge in [-0.1, -0.05) is 0 Å². The summed E-state index contributed by atoms with van der Waals surface area (Å²) in [6.45, 7) is 3.05. The molecule has 2 rings (SSSR count). The van der Waals surface area contributed by atoms with Crippen molar-refractivity contribution in [3.05, 3.63) is 22.7 Å². The second kappa shape index (κ2) is 6.33. The zero-order valence-electron chi connectivity index (χ0n) is 11.7. The molecule has 0 aliphatic carbocycles. The van der Waals surface area contributed by atoms with Crippen molar-refractivity contribution in [1.29, 1.82) is 0 Å². The molecule has 0 atom stereocenters. The summed E-state index contributed by atoms with van der Waals surface area (Å²) in [4.78, 5) is 13.2. The number of primary sulfonamides is 1. The van der Waals surface area contributed by atoms with Gasteiger partial charge in [0, 0.05) is 36.2 Å². The quantitative estimate of drug-likeness (QED) is 0.837. The minimum Gasteiger partial charge on any atom is -0.381 e. The number of carbonyl (C=O) groups excluding carboxylic acids is 1. The van der Waals surface area contributed by atoms with Crippen LogP contribution in [-0.2, 0) is 14.8 Å². The van der Waals surface area contributed by atoms with Gasteiger partial charge in [-0.25, -0.2) is 13.6 Å². The van der Waals surface area contributed by atoms with Crippen molar-refractivity contribution in [2.24, 2.45) is 5.14 Å². The molecule has 8 heteroatoms. The minimum absolute atomic E-state index is 0.0753. The molecule has 1 aromatic carbocycles. The summed E-state index contributed by atoms with van der Waals surface area (Å²) in [6, 6.07) is 4.92. The first-order chi connectivity index (χ1) is 9.77. The minimum atomic E-state index is -3.69. The number of likely N-dealkylation sites (tertiary alicyclic amines) is 1. The normalized spacial score (nSPS) is 16.8. The van der Waals surface area contributed by atoms with Gasteiger partial charge in [-0.15, -0.1) is 0 Å². The summed E-state index contributed by atoms with van der Waals surface area (Å²) in [5.74, 6) is 0.104. The number of nitrogens with two attached hydrogens (primary N) is 1. The van der Waals surface area contributed by atoms with Crippen LogP contribution in [0.25, 0.3) is 0 Å². The number of piperidine rings is 1. The van der Waals surface area contributed by atoms with Crippen molar-refractivity contribution in [2.75, 3.05) is 18.4 Å². The highest BCUT2D eigenvalue weighted by molar-refractivity contribution is 9.10. The van der Waals surface area contributed by atoms with E-state index in [1.807, 2.05) is 4.90 Å². The van der Waals surface area contributed by atoms with Gasteiger partial charge in [0.2, 0.25) is 15.9 Å². The average Bonchev–Trinajstić information content (AvgIpc) is 2.40. The topological polar surface area (TPSA) is 92.5 Å². The maximum absolute atomic E-state index is 11.3. The van der Waals surface area contributed by atoms with Crippen molar-refractivity contribution >= 4 is 37.5 Å². The third-order valence-corrected chi connectivity index (χ3v) is 5.14. The van der Waals surface area contributed by atoms with Gasteiger partial charge in [0.25, 0.3) is 0 Å². The number of amides is 1. The van der Waals surface area contributed by atoms with Gasteiger partial charge >= 0.3 is 0 Å². The number of halogens is 1. The number of rotatable bonds is 3. The number of nitrogens with zero attached hydrogens (tertiary/aromatic N) is 1. The highest BCUT2D eigenvalue weighted by atomic mass is 79.9. The van der Waals surface area contributed by atoms with Crippen molar-refractivity contribution < 1.29 is 13.2 Å². The molecule has 1 fully saturated rings. The average molecular weight is 376 g/mol. The Morgan fingerprint density at radius 2 is 2.00 bits per heavy atom. The van der Waals surface area contributed by atoms with E-state index in [1.165, 1.54) is 12.1 Å². The number of hydrogen-bond acceptors (Lipinski definition) is 4. The van der Waals surface area contributed by atoms with Crippen LogP contribution in [0.1, 0.15) is 19.8 Å². The Bertz CT molecular complexity index is 640. The molecule has 1 heterocycles. The van der Waals surface area contributed by atoms with Gasteiger partial charge in [0.15, 0.2) is 0 Å². The number of hydrogen-bond donors (Lipinski definition) is 2. The largest absolute Gasteiger partial charge is 0.381 e. The van der Waals surface area contributed by atoms with Gasteiger partial charge in [-0.05, 0) is 47.0 Å². The molecular weight excluding hydrogens is 358 g/mol. The van der Waals surface area contributed by atoms with Gasteiger partial charge in [-0.3, -0.25) is 4.79 Å². The highest BCUT2D eigenvalue weighted by Crippen LogP contribution is 2.27. The molecule has 0 radical (unpaired) electrons. The standard InChI is InChI=1S/C13H18BrN3O3S/c1-9(18)17-6-4-10(5-7-17)16-13-3-2-11(8-12(13)14)21(15,19)20/h2-3,8,10,16H,4-7H2,1H3,(H2,15,19,20). The van der Waals surface area contributed by atoms with E-state index >= 15 is 0 Å². The summed E-state index contributed by atoms with van der Waals surface area (Å²) in [6.07, 6.45) is 1.73. The number of anilines is 1. The van der Waals surface area contributed by atoms with Crippen LogP contribution in [0.5, 0.6) is 0 Å². The lowest BCUT2D eigenvalue weighted by Gasteiger charge is -2.32. The first kappa shape index (κ1) is 16.3. The lowest BCUT2D eigenvalue weighted by Crippen LogP contribution is -2.41. The highest BCUT2D eigenvalue weighted by Gasteiger charge is 2.21. The molecule has 0 saturated carbocycles. The molecule has 0 spiro atoms. The Hall–Kier alpha value is -1.12. The number of sulfonamides is 1. The van der Waals surface area contributed by atoms with E-state index in [4.69, 9.17) is 5.14 Å². The lowest BCUT2D eigenvalue weighted by molar-refractivity contribution is -0.129. The third-order valence-electron chi connectivity index (χ3n) is 3.57. The fourth-order valence-corrected chi connectivity index (χ4v) is 3.53. The smallest absolute Gasteiger partial charge is 0.238 e. The van der Waals surface area contributed by atoms with Crippen molar-refractivity contribution in [2.45, 2.75) is 30.7 Å².